The molecule has 2 aromatic rings. The van der Waals surface area contributed by atoms with Crippen LogP contribution in [0.5, 0.6) is 5.75 Å². The van der Waals surface area contributed by atoms with Crippen molar-refractivity contribution in [3.63, 3.8) is 0 Å². The van der Waals surface area contributed by atoms with Crippen LogP contribution in [-0.2, 0) is 0 Å². The molecule has 0 bridgehead atoms. The van der Waals surface area contributed by atoms with Crippen molar-refractivity contribution in [1.29, 1.82) is 5.26 Å². The Kier molecular flexibility index (Phi) is 5.46. The third-order valence-electron chi connectivity index (χ3n) is 2.82. The third-order valence-corrected chi connectivity index (χ3v) is 4.12. The lowest BCUT2D eigenvalue weighted by Gasteiger charge is -2.09. The third kappa shape index (κ3) is 3.88. The molecule has 0 N–H and O–H groups in total. The van der Waals surface area contributed by atoms with Gasteiger partial charge in [-0.15, -0.1) is 0 Å². The van der Waals surface area contributed by atoms with Gasteiger partial charge in [0.05, 0.1) is 23.2 Å². The number of hydrogen-bond acceptors (Lipinski definition) is 2. The summed E-state index contributed by atoms with van der Waals surface area (Å²) < 4.78 is 7.11. The van der Waals surface area contributed by atoms with Crippen molar-refractivity contribution in [2.75, 3.05) is 7.11 Å². The van der Waals surface area contributed by atoms with Crippen LogP contribution in [0.25, 0.3) is 11.6 Å². The Morgan fingerprint density at radius 2 is 1.90 bits per heavy atom. The van der Waals surface area contributed by atoms with Crippen LogP contribution in [0, 0.1) is 11.3 Å². The average Bonchev–Trinajstić information content (AvgIpc) is 2.45. The van der Waals surface area contributed by atoms with Crippen LogP contribution < -0.4 is 4.74 Å². The molecule has 0 saturated heterocycles. The summed E-state index contributed by atoms with van der Waals surface area (Å²) in [5, 5.41) is 10.0. The van der Waals surface area contributed by atoms with E-state index in [2.05, 4.69) is 37.9 Å². The van der Waals surface area contributed by atoms with Gasteiger partial charge in [0.15, 0.2) is 0 Å². The smallest absolute Gasteiger partial charge is 0.140 e. The Balaban J connectivity index is 2.55. The lowest BCUT2D eigenvalue weighted by Crippen LogP contribution is -1.90. The Hall–Kier alpha value is -1.28. The van der Waals surface area contributed by atoms with E-state index in [0.29, 0.717) is 16.3 Å². The normalized spacial score (nSPS) is 11.1. The molecule has 0 aliphatic heterocycles. The van der Waals surface area contributed by atoms with Crippen molar-refractivity contribution in [3.05, 3.63) is 61.5 Å². The summed E-state index contributed by atoms with van der Waals surface area (Å²) in [6.07, 6.45) is 1.79. The van der Waals surface area contributed by atoms with E-state index in [4.69, 9.17) is 16.3 Å². The molecule has 2 rings (SSSR count). The van der Waals surface area contributed by atoms with Crippen LogP contribution in [0.3, 0.4) is 0 Å². The minimum atomic E-state index is 0.537. The summed E-state index contributed by atoms with van der Waals surface area (Å²) in [5.41, 5.74) is 2.15. The molecular weight excluding hydrogens is 417 g/mol. The fourth-order valence-electron chi connectivity index (χ4n) is 1.87. The molecule has 0 aromatic heterocycles. The topological polar surface area (TPSA) is 33.0 Å². The molecule has 0 aliphatic rings. The first-order chi connectivity index (χ1) is 10.0. The summed E-state index contributed by atoms with van der Waals surface area (Å²) >= 11 is 12.8. The summed E-state index contributed by atoms with van der Waals surface area (Å²) in [4.78, 5) is 0. The van der Waals surface area contributed by atoms with E-state index >= 15 is 0 Å². The van der Waals surface area contributed by atoms with Crippen molar-refractivity contribution in [2.24, 2.45) is 0 Å². The van der Waals surface area contributed by atoms with Crippen LogP contribution in [0.2, 0.25) is 5.02 Å². The van der Waals surface area contributed by atoms with E-state index in [1.807, 2.05) is 24.3 Å². The average molecular weight is 428 g/mol. The molecule has 5 heteroatoms. The lowest BCUT2D eigenvalue weighted by atomic mass is 10.0. The second-order valence-corrected chi connectivity index (χ2v) is 6.39. The maximum atomic E-state index is 9.40. The molecule has 0 aliphatic carbocycles. The van der Waals surface area contributed by atoms with Gasteiger partial charge in [0, 0.05) is 15.1 Å². The zero-order valence-corrected chi connectivity index (χ0v) is 15.0. The van der Waals surface area contributed by atoms with E-state index in [0.717, 1.165) is 20.1 Å². The molecule has 106 valence electrons. The minimum absolute atomic E-state index is 0.537. The van der Waals surface area contributed by atoms with Crippen molar-refractivity contribution < 1.29 is 4.74 Å². The molecule has 0 atom stereocenters. The molecule has 0 saturated carbocycles. The molecule has 0 unspecified atom stereocenters. The van der Waals surface area contributed by atoms with Crippen molar-refractivity contribution in [2.45, 2.75) is 0 Å². The SMILES string of the molecule is COc1c(Br)cc(Br)cc1/C=C(\C#N)c1ccc(Cl)cc1. The van der Waals surface area contributed by atoms with E-state index in [1.165, 1.54) is 0 Å². The maximum absolute atomic E-state index is 9.40. The number of nitrogens with zero attached hydrogens (tertiary/aromatic N) is 1. The monoisotopic (exact) mass is 425 g/mol. The van der Waals surface area contributed by atoms with Gasteiger partial charge in [-0.25, -0.2) is 0 Å². The molecule has 0 radical (unpaired) electrons. The van der Waals surface area contributed by atoms with Gasteiger partial charge < -0.3 is 4.74 Å². The zero-order valence-electron chi connectivity index (χ0n) is 11.0. The number of halogens is 3. The number of nitriles is 1. The van der Waals surface area contributed by atoms with Crippen molar-refractivity contribution in [3.8, 4) is 11.8 Å². The number of methoxy groups -OCH3 is 1. The molecule has 2 nitrogen and oxygen atoms in total. The number of allylic oxidation sites excluding steroid dienone is 1. The van der Waals surface area contributed by atoms with Gasteiger partial charge in [-0.2, -0.15) is 5.26 Å². The van der Waals surface area contributed by atoms with Crippen LogP contribution in [0.4, 0.5) is 0 Å². The van der Waals surface area contributed by atoms with Crippen LogP contribution >= 0.6 is 43.5 Å². The maximum Gasteiger partial charge on any atom is 0.140 e. The molecule has 0 spiro atoms. The Morgan fingerprint density at radius 1 is 1.24 bits per heavy atom. The van der Waals surface area contributed by atoms with Gasteiger partial charge in [0.25, 0.3) is 0 Å². The first-order valence-corrected chi connectivity index (χ1v) is 7.92. The molecule has 0 amide bonds. The van der Waals surface area contributed by atoms with E-state index < -0.39 is 0 Å². The number of rotatable bonds is 3. The van der Waals surface area contributed by atoms with E-state index in [9.17, 15) is 5.26 Å². The summed E-state index contributed by atoms with van der Waals surface area (Å²) in [6, 6.07) is 13.2. The van der Waals surface area contributed by atoms with Crippen LogP contribution in [0.1, 0.15) is 11.1 Å². The van der Waals surface area contributed by atoms with Crippen LogP contribution in [0.15, 0.2) is 45.3 Å². The predicted octanol–water partition coefficient (Wildman–Crippen LogP) is 5.94. The summed E-state index contributed by atoms with van der Waals surface area (Å²) in [5.74, 6) is 0.680. The van der Waals surface area contributed by atoms with Gasteiger partial charge in [0.1, 0.15) is 5.75 Å². The quantitative estimate of drug-likeness (QED) is 0.449. The van der Waals surface area contributed by atoms with Crippen LogP contribution in [-0.4, -0.2) is 7.11 Å². The second kappa shape index (κ2) is 7.13. The van der Waals surface area contributed by atoms with Gasteiger partial charge in [-0.05, 0) is 51.8 Å². The molecule has 21 heavy (non-hydrogen) atoms. The summed E-state index contributed by atoms with van der Waals surface area (Å²) in [7, 11) is 1.60. The molecule has 0 heterocycles. The van der Waals surface area contributed by atoms with Gasteiger partial charge in [0.2, 0.25) is 0 Å². The second-order valence-electron chi connectivity index (χ2n) is 4.19. The number of hydrogen-bond donors (Lipinski definition) is 0. The largest absolute Gasteiger partial charge is 0.495 e. The standard InChI is InChI=1S/C16H10Br2ClNO/c1-21-16-11(7-13(17)8-15(16)18)6-12(9-20)10-2-4-14(19)5-3-10/h2-8H,1H3/b12-6+. The predicted molar refractivity (Wildman–Crippen MR) is 93.3 cm³/mol. The fraction of sp³-hybridized carbons (Fsp3) is 0.0625. The highest BCUT2D eigenvalue weighted by molar-refractivity contribution is 9.11. The first kappa shape index (κ1) is 16.1. The Morgan fingerprint density at radius 3 is 2.48 bits per heavy atom. The molecule has 0 fully saturated rings. The highest BCUT2D eigenvalue weighted by Crippen LogP contribution is 2.35. The highest BCUT2D eigenvalue weighted by atomic mass is 79.9. The lowest BCUT2D eigenvalue weighted by molar-refractivity contribution is 0.411. The first-order valence-electron chi connectivity index (χ1n) is 5.96. The Bertz CT molecular complexity index is 733. The molecular formula is C16H10Br2ClNO. The Labute approximate surface area is 145 Å². The highest BCUT2D eigenvalue weighted by Gasteiger charge is 2.09. The number of benzene rings is 2. The number of ether oxygens (including phenoxy) is 1. The van der Waals surface area contributed by atoms with Crippen molar-refractivity contribution >= 4 is 55.1 Å². The van der Waals surface area contributed by atoms with Gasteiger partial charge in [-0.3, -0.25) is 0 Å². The van der Waals surface area contributed by atoms with E-state index in [1.54, 1.807) is 25.3 Å². The van der Waals surface area contributed by atoms with Gasteiger partial charge >= 0.3 is 0 Å². The summed E-state index contributed by atoms with van der Waals surface area (Å²) in [6.45, 7) is 0. The van der Waals surface area contributed by atoms with Gasteiger partial charge in [-0.1, -0.05) is 39.7 Å². The zero-order chi connectivity index (χ0) is 15.4. The molecule has 2 aromatic carbocycles. The fourth-order valence-corrected chi connectivity index (χ4v) is 3.41. The van der Waals surface area contributed by atoms with Crippen molar-refractivity contribution in [1.82, 2.24) is 0 Å². The van der Waals surface area contributed by atoms with E-state index in [-0.39, 0.29) is 0 Å². The minimum Gasteiger partial charge on any atom is -0.495 e.